The van der Waals surface area contributed by atoms with E-state index in [1.807, 2.05) is 6.20 Å². The van der Waals surface area contributed by atoms with Crippen LogP contribution in [0.3, 0.4) is 0 Å². The maximum atomic E-state index is 5.88. The molecule has 1 saturated carbocycles. The number of ether oxygens (including phenoxy) is 1. The van der Waals surface area contributed by atoms with Gasteiger partial charge in [0.15, 0.2) is 0 Å². The molecule has 3 nitrogen and oxygen atoms in total. The Morgan fingerprint density at radius 3 is 3.19 bits per heavy atom. The molecule has 2 aliphatic rings. The Morgan fingerprint density at radius 2 is 2.33 bits per heavy atom. The van der Waals surface area contributed by atoms with Crippen LogP contribution in [0.1, 0.15) is 38.8 Å². The molecular formula is C17H22N2OS. The minimum absolute atomic E-state index is 0.232. The average Bonchev–Trinajstić information content (AvgIpc) is 3.11. The maximum Gasteiger partial charge on any atom is 0.0809 e. The summed E-state index contributed by atoms with van der Waals surface area (Å²) in [7, 11) is 0. The SMILES string of the molecule is CC(NC1C2CCOC2C1(C)C)c1cnc2ccsc2c1. The van der Waals surface area contributed by atoms with Crippen LogP contribution in [-0.4, -0.2) is 23.7 Å². The highest BCUT2D eigenvalue weighted by Gasteiger charge is 2.59. The van der Waals surface area contributed by atoms with Gasteiger partial charge in [0.2, 0.25) is 0 Å². The van der Waals surface area contributed by atoms with Gasteiger partial charge >= 0.3 is 0 Å². The molecule has 2 aromatic rings. The van der Waals surface area contributed by atoms with E-state index in [0.29, 0.717) is 24.1 Å². The molecule has 0 amide bonds. The third-order valence-corrected chi connectivity index (χ3v) is 6.21. The second-order valence-electron chi connectivity index (χ2n) is 7.00. The lowest BCUT2D eigenvalue weighted by atomic mass is 9.57. The fourth-order valence-electron chi connectivity index (χ4n) is 4.13. The minimum Gasteiger partial charge on any atom is -0.377 e. The summed E-state index contributed by atoms with van der Waals surface area (Å²) in [4.78, 5) is 4.56. The first-order valence-corrected chi connectivity index (χ1v) is 8.66. The normalized spacial score (nSPS) is 31.9. The molecule has 0 spiro atoms. The van der Waals surface area contributed by atoms with E-state index in [-0.39, 0.29) is 5.41 Å². The summed E-state index contributed by atoms with van der Waals surface area (Å²) < 4.78 is 7.16. The van der Waals surface area contributed by atoms with Crippen molar-refractivity contribution in [1.29, 1.82) is 0 Å². The number of thiophene rings is 1. The Balaban J connectivity index is 1.54. The van der Waals surface area contributed by atoms with E-state index in [4.69, 9.17) is 4.74 Å². The molecule has 1 aliphatic carbocycles. The average molecular weight is 302 g/mol. The Bertz CT molecular complexity index is 666. The number of nitrogens with zero attached hydrogens (tertiary/aromatic N) is 1. The first kappa shape index (κ1) is 13.7. The van der Waals surface area contributed by atoms with Crippen LogP contribution in [0.4, 0.5) is 0 Å². The zero-order valence-electron chi connectivity index (χ0n) is 12.8. The van der Waals surface area contributed by atoms with Crippen molar-refractivity contribution in [3.8, 4) is 0 Å². The second-order valence-corrected chi connectivity index (χ2v) is 7.95. The van der Waals surface area contributed by atoms with Crippen LogP contribution in [0, 0.1) is 11.3 Å². The van der Waals surface area contributed by atoms with Crippen molar-refractivity contribution >= 4 is 21.6 Å². The van der Waals surface area contributed by atoms with Crippen molar-refractivity contribution < 1.29 is 4.74 Å². The highest BCUT2D eigenvalue weighted by Crippen LogP contribution is 2.52. The summed E-state index contributed by atoms with van der Waals surface area (Å²) in [5.41, 5.74) is 2.61. The summed E-state index contributed by atoms with van der Waals surface area (Å²) in [5.74, 6) is 0.681. The lowest BCUT2D eigenvalue weighted by molar-refractivity contribution is -0.115. The lowest BCUT2D eigenvalue weighted by Gasteiger charge is -2.55. The Morgan fingerprint density at radius 1 is 1.48 bits per heavy atom. The molecule has 3 heterocycles. The molecule has 4 unspecified atom stereocenters. The minimum atomic E-state index is 0.232. The van der Waals surface area contributed by atoms with Gasteiger partial charge in [-0.25, -0.2) is 0 Å². The summed E-state index contributed by atoms with van der Waals surface area (Å²) in [6.45, 7) is 7.82. The molecule has 1 N–H and O–H groups in total. The van der Waals surface area contributed by atoms with Crippen molar-refractivity contribution in [3.05, 3.63) is 29.3 Å². The number of pyridine rings is 1. The molecular weight excluding hydrogens is 280 g/mol. The highest BCUT2D eigenvalue weighted by molar-refractivity contribution is 7.17. The van der Waals surface area contributed by atoms with Gasteiger partial charge in [-0.05, 0) is 36.4 Å². The molecule has 2 fully saturated rings. The van der Waals surface area contributed by atoms with Crippen LogP contribution < -0.4 is 5.32 Å². The van der Waals surface area contributed by atoms with E-state index in [1.54, 1.807) is 11.3 Å². The van der Waals surface area contributed by atoms with E-state index in [2.05, 4.69) is 48.6 Å². The Labute approximate surface area is 129 Å². The number of aromatic nitrogens is 1. The number of nitrogens with one attached hydrogen (secondary N) is 1. The third-order valence-electron chi connectivity index (χ3n) is 5.35. The van der Waals surface area contributed by atoms with Crippen molar-refractivity contribution in [2.45, 2.75) is 45.4 Å². The van der Waals surface area contributed by atoms with E-state index < -0.39 is 0 Å². The molecule has 1 saturated heterocycles. The lowest BCUT2D eigenvalue weighted by Crippen LogP contribution is -2.66. The summed E-state index contributed by atoms with van der Waals surface area (Å²) in [5, 5.41) is 5.94. The maximum absolute atomic E-state index is 5.88. The van der Waals surface area contributed by atoms with Gasteiger partial charge in [-0.1, -0.05) is 13.8 Å². The van der Waals surface area contributed by atoms with Crippen molar-refractivity contribution in [2.24, 2.45) is 11.3 Å². The van der Waals surface area contributed by atoms with Gasteiger partial charge in [0, 0.05) is 36.2 Å². The number of hydrogen-bond donors (Lipinski definition) is 1. The molecule has 0 bridgehead atoms. The summed E-state index contributed by atoms with van der Waals surface area (Å²) in [6.07, 6.45) is 3.65. The summed E-state index contributed by atoms with van der Waals surface area (Å²) >= 11 is 1.76. The second kappa shape index (κ2) is 4.77. The van der Waals surface area contributed by atoms with E-state index in [1.165, 1.54) is 16.7 Å². The Hall–Kier alpha value is -0.970. The smallest absolute Gasteiger partial charge is 0.0809 e. The van der Waals surface area contributed by atoms with Gasteiger partial charge in [0.1, 0.15) is 0 Å². The molecule has 4 heteroatoms. The van der Waals surface area contributed by atoms with Crippen LogP contribution >= 0.6 is 11.3 Å². The van der Waals surface area contributed by atoms with E-state index >= 15 is 0 Å². The molecule has 2 aromatic heterocycles. The van der Waals surface area contributed by atoms with Crippen molar-refractivity contribution in [3.63, 3.8) is 0 Å². The molecule has 4 atom stereocenters. The first-order chi connectivity index (χ1) is 10.1. The van der Waals surface area contributed by atoms with Crippen LogP contribution in [0.2, 0.25) is 0 Å². The molecule has 0 aromatic carbocycles. The fraction of sp³-hybridized carbons (Fsp3) is 0.588. The van der Waals surface area contributed by atoms with Gasteiger partial charge in [-0.15, -0.1) is 11.3 Å². The molecule has 1 aliphatic heterocycles. The van der Waals surface area contributed by atoms with Crippen LogP contribution in [0.15, 0.2) is 23.7 Å². The van der Waals surface area contributed by atoms with Crippen LogP contribution in [0.5, 0.6) is 0 Å². The zero-order chi connectivity index (χ0) is 14.6. The number of rotatable bonds is 3. The van der Waals surface area contributed by atoms with Gasteiger partial charge in [-0.3, -0.25) is 4.98 Å². The highest BCUT2D eigenvalue weighted by atomic mass is 32.1. The quantitative estimate of drug-likeness (QED) is 0.937. The molecule has 21 heavy (non-hydrogen) atoms. The van der Waals surface area contributed by atoms with Crippen molar-refractivity contribution in [1.82, 2.24) is 10.3 Å². The first-order valence-electron chi connectivity index (χ1n) is 7.78. The topological polar surface area (TPSA) is 34.1 Å². The van der Waals surface area contributed by atoms with E-state index in [9.17, 15) is 0 Å². The van der Waals surface area contributed by atoms with E-state index in [0.717, 1.165) is 12.1 Å². The van der Waals surface area contributed by atoms with Gasteiger partial charge in [0.25, 0.3) is 0 Å². The largest absolute Gasteiger partial charge is 0.377 e. The standard InChI is InChI=1S/C17H22N2OS/c1-10(11-8-14-13(18-9-11)5-7-21-14)19-15-12-4-6-20-16(12)17(15,2)3/h5,7-10,12,15-16,19H,4,6H2,1-3H3. The monoisotopic (exact) mass is 302 g/mol. The Kier molecular flexibility index (Phi) is 3.10. The van der Waals surface area contributed by atoms with Gasteiger partial charge in [0.05, 0.1) is 16.3 Å². The summed E-state index contributed by atoms with van der Waals surface area (Å²) in [6, 6.07) is 5.23. The fourth-order valence-corrected chi connectivity index (χ4v) is 4.92. The van der Waals surface area contributed by atoms with Crippen LogP contribution in [0.25, 0.3) is 10.2 Å². The van der Waals surface area contributed by atoms with Gasteiger partial charge < -0.3 is 10.1 Å². The van der Waals surface area contributed by atoms with Crippen molar-refractivity contribution in [2.75, 3.05) is 6.61 Å². The number of hydrogen-bond acceptors (Lipinski definition) is 4. The third kappa shape index (κ3) is 2.04. The zero-order valence-corrected chi connectivity index (χ0v) is 13.6. The van der Waals surface area contributed by atoms with Crippen LogP contribution in [-0.2, 0) is 4.74 Å². The predicted molar refractivity (Wildman–Crippen MR) is 86.6 cm³/mol. The number of fused-ring (bicyclic) bond motifs is 2. The molecule has 112 valence electrons. The van der Waals surface area contributed by atoms with Gasteiger partial charge in [-0.2, -0.15) is 0 Å². The molecule has 4 rings (SSSR count). The molecule has 0 radical (unpaired) electrons. The predicted octanol–water partition coefficient (Wildman–Crippen LogP) is 3.76.